The molecule has 126 valence electrons. The average Bonchev–Trinajstić information content (AvgIpc) is 2.55. The highest BCUT2D eigenvalue weighted by molar-refractivity contribution is 5.93. The Morgan fingerprint density at radius 3 is 1.54 bits per heavy atom. The van der Waals surface area contributed by atoms with Crippen LogP contribution in [0.25, 0.3) is 21.8 Å². The van der Waals surface area contributed by atoms with E-state index in [0.717, 1.165) is 37.0 Å². The van der Waals surface area contributed by atoms with Crippen molar-refractivity contribution in [1.29, 1.82) is 0 Å². The summed E-state index contributed by atoms with van der Waals surface area (Å²) in [6.45, 7) is 2.13. The Morgan fingerprint density at radius 2 is 1.12 bits per heavy atom. The van der Waals surface area contributed by atoms with Crippen molar-refractivity contribution in [3.63, 3.8) is 0 Å². The van der Waals surface area contributed by atoms with Gasteiger partial charge in [-0.25, -0.2) is 4.98 Å². The van der Waals surface area contributed by atoms with Crippen LogP contribution >= 0.6 is 0 Å². The molecule has 0 spiro atoms. The van der Waals surface area contributed by atoms with Crippen molar-refractivity contribution in [3.8, 4) is 0 Å². The Hall–Kier alpha value is -1.97. The molecule has 0 amide bonds. The summed E-state index contributed by atoms with van der Waals surface area (Å²) >= 11 is 0. The third kappa shape index (κ3) is 4.11. The molecule has 3 heteroatoms. The molecule has 3 rings (SSSR count). The lowest BCUT2D eigenvalue weighted by Gasteiger charge is -2.11. The number of fused-ring (bicyclic) bond motifs is 2. The van der Waals surface area contributed by atoms with Gasteiger partial charge in [0.15, 0.2) is 0 Å². The number of hydrogen-bond donors (Lipinski definition) is 0. The van der Waals surface area contributed by atoms with Gasteiger partial charge in [0.25, 0.3) is 0 Å². The van der Waals surface area contributed by atoms with E-state index in [9.17, 15) is 0 Å². The molecular weight excluding hydrogens is 294 g/mol. The first-order chi connectivity index (χ1) is 11.5. The summed E-state index contributed by atoms with van der Waals surface area (Å²) in [5.74, 6) is 0. The average molecular weight is 321 g/mol. The number of pyridine rings is 1. The van der Waals surface area contributed by atoms with Gasteiger partial charge in [-0.3, -0.25) is 0 Å². The van der Waals surface area contributed by atoms with Crippen molar-refractivity contribution < 1.29 is 0 Å². The Bertz CT molecular complexity index is 770. The zero-order valence-electron chi connectivity index (χ0n) is 15.2. The van der Waals surface area contributed by atoms with E-state index in [1.807, 2.05) is 0 Å². The van der Waals surface area contributed by atoms with Gasteiger partial charge in [-0.15, -0.1) is 0 Å². The standard InChI is InChI=1S/C21H27N3/c1-23(2)11-9-16-5-7-18-15-19-8-6-17(10-12-24(3)4)14-21(19)22-20(18)13-16/h5-8,13-15H,9-12H2,1-4H3. The minimum absolute atomic E-state index is 1.06. The van der Waals surface area contributed by atoms with Crippen LogP contribution in [-0.2, 0) is 12.8 Å². The van der Waals surface area contributed by atoms with Gasteiger partial charge in [0.05, 0.1) is 11.0 Å². The lowest BCUT2D eigenvalue weighted by Crippen LogP contribution is -2.15. The second-order valence-corrected chi connectivity index (χ2v) is 7.15. The summed E-state index contributed by atoms with van der Waals surface area (Å²) in [5.41, 5.74) is 4.91. The normalized spacial score (nSPS) is 11.9. The van der Waals surface area contributed by atoms with E-state index in [-0.39, 0.29) is 0 Å². The van der Waals surface area contributed by atoms with Crippen LogP contribution in [0.3, 0.4) is 0 Å². The molecule has 24 heavy (non-hydrogen) atoms. The summed E-state index contributed by atoms with van der Waals surface area (Å²) in [4.78, 5) is 9.36. The Kier molecular flexibility index (Phi) is 5.12. The maximum absolute atomic E-state index is 4.93. The van der Waals surface area contributed by atoms with Crippen LogP contribution in [0.4, 0.5) is 0 Å². The molecule has 0 fully saturated rings. The number of rotatable bonds is 6. The van der Waals surface area contributed by atoms with Crippen LogP contribution in [-0.4, -0.2) is 56.1 Å². The second-order valence-electron chi connectivity index (χ2n) is 7.15. The maximum atomic E-state index is 4.93. The topological polar surface area (TPSA) is 19.4 Å². The molecule has 0 radical (unpaired) electrons. The molecule has 0 aliphatic carbocycles. The second kappa shape index (κ2) is 7.29. The predicted octanol–water partition coefficient (Wildman–Crippen LogP) is 3.60. The number of likely N-dealkylation sites (N-methyl/N-ethyl adjacent to an activating group) is 2. The van der Waals surface area contributed by atoms with Crippen molar-refractivity contribution in [3.05, 3.63) is 53.6 Å². The van der Waals surface area contributed by atoms with Gasteiger partial charge < -0.3 is 9.80 Å². The quantitative estimate of drug-likeness (QED) is 0.647. The fraction of sp³-hybridized carbons (Fsp3) is 0.381. The van der Waals surface area contributed by atoms with Crippen LogP contribution in [0.1, 0.15) is 11.1 Å². The summed E-state index contributed by atoms with van der Waals surface area (Å²) in [6.07, 6.45) is 2.12. The number of aromatic nitrogens is 1. The van der Waals surface area contributed by atoms with Crippen molar-refractivity contribution in [2.45, 2.75) is 12.8 Å². The van der Waals surface area contributed by atoms with Gasteiger partial charge in [-0.1, -0.05) is 24.3 Å². The molecule has 0 N–H and O–H groups in total. The summed E-state index contributed by atoms with van der Waals surface area (Å²) in [6, 6.07) is 15.6. The van der Waals surface area contributed by atoms with Crippen molar-refractivity contribution in [2.24, 2.45) is 0 Å². The van der Waals surface area contributed by atoms with Crippen LogP contribution < -0.4 is 0 Å². The smallest absolute Gasteiger partial charge is 0.0712 e. The molecule has 2 aromatic carbocycles. The van der Waals surface area contributed by atoms with E-state index in [1.54, 1.807) is 0 Å². The number of nitrogens with zero attached hydrogens (tertiary/aromatic N) is 3. The summed E-state index contributed by atoms with van der Waals surface area (Å²) in [7, 11) is 8.45. The fourth-order valence-electron chi connectivity index (χ4n) is 2.93. The van der Waals surface area contributed by atoms with Crippen molar-refractivity contribution >= 4 is 21.8 Å². The molecule has 0 bridgehead atoms. The van der Waals surface area contributed by atoms with Crippen LogP contribution in [0.5, 0.6) is 0 Å². The zero-order valence-corrected chi connectivity index (χ0v) is 15.2. The number of hydrogen-bond acceptors (Lipinski definition) is 3. The molecule has 1 heterocycles. The van der Waals surface area contributed by atoms with Crippen LogP contribution in [0.15, 0.2) is 42.5 Å². The Balaban J connectivity index is 1.92. The van der Waals surface area contributed by atoms with Gasteiger partial charge in [0, 0.05) is 23.9 Å². The molecule has 3 aromatic rings. The highest BCUT2D eigenvalue weighted by Crippen LogP contribution is 2.22. The van der Waals surface area contributed by atoms with Gasteiger partial charge in [-0.2, -0.15) is 0 Å². The third-order valence-electron chi connectivity index (χ3n) is 4.44. The zero-order chi connectivity index (χ0) is 17.1. The van der Waals surface area contributed by atoms with E-state index in [4.69, 9.17) is 4.98 Å². The van der Waals surface area contributed by atoms with Gasteiger partial charge in [-0.05, 0) is 70.4 Å². The van der Waals surface area contributed by atoms with E-state index in [2.05, 4.69) is 80.5 Å². The van der Waals surface area contributed by atoms with E-state index in [1.165, 1.54) is 21.9 Å². The van der Waals surface area contributed by atoms with Crippen molar-refractivity contribution in [2.75, 3.05) is 41.3 Å². The lowest BCUT2D eigenvalue weighted by atomic mass is 10.0. The highest BCUT2D eigenvalue weighted by atomic mass is 15.0. The van der Waals surface area contributed by atoms with Crippen molar-refractivity contribution in [1.82, 2.24) is 14.8 Å². The molecule has 0 aliphatic heterocycles. The first kappa shape index (κ1) is 16.9. The summed E-state index contributed by atoms with van der Waals surface area (Å²) in [5, 5.41) is 2.44. The van der Waals surface area contributed by atoms with E-state index in [0.29, 0.717) is 0 Å². The minimum atomic E-state index is 1.06. The Labute approximate surface area is 144 Å². The van der Waals surface area contributed by atoms with Gasteiger partial charge in [0.2, 0.25) is 0 Å². The van der Waals surface area contributed by atoms with E-state index < -0.39 is 0 Å². The molecule has 3 nitrogen and oxygen atoms in total. The highest BCUT2D eigenvalue weighted by Gasteiger charge is 2.04. The van der Waals surface area contributed by atoms with Crippen LogP contribution in [0, 0.1) is 0 Å². The predicted molar refractivity (Wildman–Crippen MR) is 104 cm³/mol. The molecule has 0 atom stereocenters. The largest absolute Gasteiger partial charge is 0.309 e. The molecule has 0 aliphatic rings. The maximum Gasteiger partial charge on any atom is 0.0712 e. The third-order valence-corrected chi connectivity index (χ3v) is 4.44. The van der Waals surface area contributed by atoms with Gasteiger partial charge >= 0.3 is 0 Å². The first-order valence-corrected chi connectivity index (χ1v) is 8.63. The SMILES string of the molecule is CN(C)CCc1ccc2cc3ccc(CCN(C)C)cc3nc2c1. The van der Waals surface area contributed by atoms with E-state index >= 15 is 0 Å². The van der Waals surface area contributed by atoms with Crippen LogP contribution in [0.2, 0.25) is 0 Å². The fourth-order valence-corrected chi connectivity index (χ4v) is 2.93. The lowest BCUT2D eigenvalue weighted by molar-refractivity contribution is 0.414. The molecular formula is C21H27N3. The minimum Gasteiger partial charge on any atom is -0.309 e. The summed E-state index contributed by atoms with van der Waals surface area (Å²) < 4.78 is 0. The molecule has 0 unspecified atom stereocenters. The molecule has 0 saturated heterocycles. The number of benzene rings is 2. The first-order valence-electron chi connectivity index (χ1n) is 8.63. The monoisotopic (exact) mass is 321 g/mol. The molecule has 0 saturated carbocycles. The Morgan fingerprint density at radius 1 is 0.667 bits per heavy atom. The molecule has 1 aromatic heterocycles. The van der Waals surface area contributed by atoms with Gasteiger partial charge in [0.1, 0.15) is 0 Å².